The number of nitrogens with two attached hydrogens (primary N) is 1. The molecule has 0 aliphatic carbocycles. The van der Waals surface area contributed by atoms with Gasteiger partial charge in [0.1, 0.15) is 0 Å². The highest BCUT2D eigenvalue weighted by Crippen LogP contribution is 2.30. The maximum absolute atomic E-state index is 6.05. The van der Waals surface area contributed by atoms with Crippen LogP contribution >= 0.6 is 0 Å². The zero-order valence-corrected chi connectivity index (χ0v) is 12.7. The molecule has 0 bridgehead atoms. The van der Waals surface area contributed by atoms with Crippen LogP contribution in [0.2, 0.25) is 0 Å². The van der Waals surface area contributed by atoms with Gasteiger partial charge in [-0.25, -0.2) is 0 Å². The molecule has 1 aromatic rings. The van der Waals surface area contributed by atoms with Gasteiger partial charge in [-0.3, -0.25) is 0 Å². The summed E-state index contributed by atoms with van der Waals surface area (Å²) in [6.07, 6.45) is 5.97. The summed E-state index contributed by atoms with van der Waals surface area (Å²) in [6.45, 7) is 7.91. The molecule has 2 atom stereocenters. The molecule has 106 valence electrons. The summed E-state index contributed by atoms with van der Waals surface area (Å²) in [7, 11) is 0. The summed E-state index contributed by atoms with van der Waals surface area (Å²) in [6, 6.07) is 7.93. The van der Waals surface area contributed by atoms with Crippen molar-refractivity contribution < 1.29 is 0 Å². The number of nitrogens with zero attached hydrogens (tertiary/aromatic N) is 1. The summed E-state index contributed by atoms with van der Waals surface area (Å²) in [4.78, 5) is 2.60. The van der Waals surface area contributed by atoms with E-state index in [0.29, 0.717) is 6.04 Å². The van der Waals surface area contributed by atoms with Crippen LogP contribution in [-0.2, 0) is 6.42 Å². The zero-order valence-electron chi connectivity index (χ0n) is 12.7. The summed E-state index contributed by atoms with van der Waals surface area (Å²) in [5, 5.41) is 0. The van der Waals surface area contributed by atoms with E-state index in [1.807, 2.05) is 0 Å². The summed E-state index contributed by atoms with van der Waals surface area (Å²) >= 11 is 0. The first kappa shape index (κ1) is 14.4. The third-order valence-corrected chi connectivity index (χ3v) is 4.44. The molecule has 1 heterocycles. The Labute approximate surface area is 118 Å². The number of hydrogen-bond acceptors (Lipinski definition) is 2. The van der Waals surface area contributed by atoms with Gasteiger partial charge in [-0.15, -0.1) is 0 Å². The average molecular weight is 260 g/mol. The van der Waals surface area contributed by atoms with Gasteiger partial charge in [0.15, 0.2) is 0 Å². The molecule has 0 spiro atoms. The van der Waals surface area contributed by atoms with Crippen molar-refractivity contribution in [2.24, 2.45) is 5.73 Å². The molecule has 2 nitrogen and oxygen atoms in total. The minimum Gasteiger partial charge on any atom is -0.368 e. The molecule has 1 fully saturated rings. The van der Waals surface area contributed by atoms with Crippen molar-refractivity contribution >= 4 is 5.69 Å². The molecular formula is C17H28N2. The van der Waals surface area contributed by atoms with Gasteiger partial charge in [0.05, 0.1) is 0 Å². The largest absolute Gasteiger partial charge is 0.368 e. The Hall–Kier alpha value is -1.02. The van der Waals surface area contributed by atoms with Gasteiger partial charge in [-0.05, 0) is 56.2 Å². The second kappa shape index (κ2) is 6.42. The lowest BCUT2D eigenvalue weighted by atomic mass is 10.0. The van der Waals surface area contributed by atoms with Crippen molar-refractivity contribution in [3.63, 3.8) is 0 Å². The smallest absolute Gasteiger partial charge is 0.0398 e. The van der Waals surface area contributed by atoms with Crippen LogP contribution in [0.3, 0.4) is 0 Å². The van der Waals surface area contributed by atoms with Crippen molar-refractivity contribution in [1.29, 1.82) is 0 Å². The Kier molecular flexibility index (Phi) is 4.87. The number of rotatable bonds is 5. The van der Waals surface area contributed by atoms with Gasteiger partial charge in [0.25, 0.3) is 0 Å². The van der Waals surface area contributed by atoms with Crippen LogP contribution in [0, 0.1) is 6.92 Å². The van der Waals surface area contributed by atoms with E-state index in [0.717, 1.165) is 18.9 Å². The Morgan fingerprint density at radius 2 is 2.16 bits per heavy atom. The molecule has 0 amide bonds. The molecule has 0 aromatic heterocycles. The SMILES string of the molecule is CCC(N)Cc1ccc(N2CCCC2CC)c(C)c1. The molecule has 2 unspecified atom stereocenters. The highest BCUT2D eigenvalue weighted by atomic mass is 15.2. The first-order chi connectivity index (χ1) is 9.15. The van der Waals surface area contributed by atoms with Gasteiger partial charge in [-0.1, -0.05) is 26.0 Å². The molecule has 1 aliphatic heterocycles. The second-order valence-electron chi connectivity index (χ2n) is 5.89. The van der Waals surface area contributed by atoms with Crippen molar-refractivity contribution in [2.75, 3.05) is 11.4 Å². The molecule has 2 N–H and O–H groups in total. The predicted molar refractivity (Wildman–Crippen MR) is 83.8 cm³/mol. The molecule has 2 heteroatoms. The number of hydrogen-bond donors (Lipinski definition) is 1. The van der Waals surface area contributed by atoms with E-state index in [9.17, 15) is 0 Å². The van der Waals surface area contributed by atoms with E-state index >= 15 is 0 Å². The van der Waals surface area contributed by atoms with Crippen molar-refractivity contribution in [3.05, 3.63) is 29.3 Å². The van der Waals surface area contributed by atoms with E-state index < -0.39 is 0 Å². The van der Waals surface area contributed by atoms with E-state index in [2.05, 4.69) is 43.9 Å². The molecular weight excluding hydrogens is 232 g/mol. The topological polar surface area (TPSA) is 29.3 Å². The minimum absolute atomic E-state index is 0.292. The van der Waals surface area contributed by atoms with E-state index in [1.165, 1.54) is 42.6 Å². The van der Waals surface area contributed by atoms with Gasteiger partial charge in [-0.2, -0.15) is 0 Å². The fourth-order valence-corrected chi connectivity index (χ4v) is 3.19. The van der Waals surface area contributed by atoms with Gasteiger partial charge in [0.2, 0.25) is 0 Å². The van der Waals surface area contributed by atoms with Gasteiger partial charge < -0.3 is 10.6 Å². The summed E-state index contributed by atoms with van der Waals surface area (Å²) < 4.78 is 0. The monoisotopic (exact) mass is 260 g/mol. The number of anilines is 1. The zero-order chi connectivity index (χ0) is 13.8. The highest BCUT2D eigenvalue weighted by molar-refractivity contribution is 5.56. The van der Waals surface area contributed by atoms with Crippen molar-refractivity contribution in [2.45, 2.75) is 65.0 Å². The quantitative estimate of drug-likeness (QED) is 0.875. The van der Waals surface area contributed by atoms with Crippen molar-refractivity contribution in [1.82, 2.24) is 0 Å². The number of aryl methyl sites for hydroxylation is 1. The van der Waals surface area contributed by atoms with Gasteiger partial charge in [0, 0.05) is 24.3 Å². The van der Waals surface area contributed by atoms with Crippen LogP contribution in [0.15, 0.2) is 18.2 Å². The van der Waals surface area contributed by atoms with Crippen LogP contribution in [0.5, 0.6) is 0 Å². The molecule has 1 saturated heterocycles. The van der Waals surface area contributed by atoms with Gasteiger partial charge >= 0.3 is 0 Å². The Bertz CT molecular complexity index is 414. The first-order valence-electron chi connectivity index (χ1n) is 7.77. The Morgan fingerprint density at radius 3 is 2.79 bits per heavy atom. The maximum atomic E-state index is 6.05. The van der Waals surface area contributed by atoms with Crippen LogP contribution in [0.1, 0.15) is 50.7 Å². The minimum atomic E-state index is 0.292. The molecule has 0 radical (unpaired) electrons. The average Bonchev–Trinajstić information content (AvgIpc) is 2.87. The van der Waals surface area contributed by atoms with Crippen LogP contribution in [0.4, 0.5) is 5.69 Å². The first-order valence-corrected chi connectivity index (χ1v) is 7.77. The lowest BCUT2D eigenvalue weighted by Gasteiger charge is -2.28. The van der Waals surface area contributed by atoms with Crippen molar-refractivity contribution in [3.8, 4) is 0 Å². The summed E-state index contributed by atoms with van der Waals surface area (Å²) in [5.74, 6) is 0. The van der Waals surface area contributed by atoms with E-state index in [4.69, 9.17) is 5.73 Å². The molecule has 0 saturated carbocycles. The fraction of sp³-hybridized carbons (Fsp3) is 0.647. The summed E-state index contributed by atoms with van der Waals surface area (Å²) in [5.41, 5.74) is 10.3. The molecule has 19 heavy (non-hydrogen) atoms. The third-order valence-electron chi connectivity index (χ3n) is 4.44. The Morgan fingerprint density at radius 1 is 1.37 bits per heavy atom. The van der Waals surface area contributed by atoms with Crippen LogP contribution < -0.4 is 10.6 Å². The third kappa shape index (κ3) is 3.30. The number of benzene rings is 1. The van der Waals surface area contributed by atoms with E-state index in [1.54, 1.807) is 0 Å². The standard InChI is InChI=1S/C17H28N2/c1-4-15(18)12-14-8-9-17(13(3)11-14)19-10-6-7-16(19)5-2/h8-9,11,15-16H,4-7,10,12,18H2,1-3H3. The maximum Gasteiger partial charge on any atom is 0.0398 e. The lowest BCUT2D eigenvalue weighted by Crippen LogP contribution is -2.29. The normalized spacial score (nSPS) is 20.8. The van der Waals surface area contributed by atoms with Crippen LogP contribution in [0.25, 0.3) is 0 Å². The lowest BCUT2D eigenvalue weighted by molar-refractivity contribution is 0.641. The molecule has 1 aliphatic rings. The highest BCUT2D eigenvalue weighted by Gasteiger charge is 2.24. The molecule has 2 rings (SSSR count). The predicted octanol–water partition coefficient (Wildman–Crippen LogP) is 3.65. The van der Waals surface area contributed by atoms with E-state index in [-0.39, 0.29) is 0 Å². The Balaban J connectivity index is 2.15. The second-order valence-corrected chi connectivity index (χ2v) is 5.89. The molecule has 1 aromatic carbocycles. The van der Waals surface area contributed by atoms with Crippen LogP contribution in [-0.4, -0.2) is 18.6 Å². The fourth-order valence-electron chi connectivity index (χ4n) is 3.19.